The Kier molecular flexibility index (Phi) is 5.25. The van der Waals surface area contributed by atoms with Crippen LogP contribution >= 0.6 is 23.1 Å². The number of aromatic nitrogens is 2. The Hall–Kier alpha value is -2.56. The second-order valence-corrected chi connectivity index (χ2v) is 8.70. The Balaban J connectivity index is 1.81. The molecule has 0 radical (unpaired) electrons. The largest absolute Gasteiger partial charge is 0.344 e. The normalized spacial score (nSPS) is 12.7. The van der Waals surface area contributed by atoms with Gasteiger partial charge in [0.2, 0.25) is 5.91 Å². The van der Waals surface area contributed by atoms with Crippen LogP contribution in [0.5, 0.6) is 0 Å². The molecule has 1 aliphatic rings. The van der Waals surface area contributed by atoms with Gasteiger partial charge in [0, 0.05) is 4.88 Å². The Bertz CT molecular complexity index is 1150. The average molecular weight is 410 g/mol. The summed E-state index contributed by atoms with van der Waals surface area (Å²) in [6, 6.07) is 7.77. The van der Waals surface area contributed by atoms with E-state index in [1.165, 1.54) is 16.6 Å². The van der Waals surface area contributed by atoms with E-state index < -0.39 is 0 Å². The van der Waals surface area contributed by atoms with Crippen molar-refractivity contribution >= 4 is 39.2 Å². The third kappa shape index (κ3) is 3.46. The zero-order chi connectivity index (χ0) is 19.7. The number of hydrogen-bond acceptors (Lipinski definition) is 5. The molecule has 0 fully saturated rings. The van der Waals surface area contributed by atoms with Gasteiger partial charge in [-0.3, -0.25) is 14.2 Å². The molecule has 1 N–H and O–H groups in total. The van der Waals surface area contributed by atoms with Crippen LogP contribution in [0.25, 0.3) is 15.9 Å². The van der Waals surface area contributed by atoms with Crippen LogP contribution in [-0.4, -0.2) is 27.8 Å². The van der Waals surface area contributed by atoms with E-state index in [0.29, 0.717) is 5.16 Å². The number of benzene rings is 1. The molecule has 1 aliphatic carbocycles. The van der Waals surface area contributed by atoms with E-state index in [0.717, 1.165) is 46.3 Å². The average Bonchev–Trinajstić information content (AvgIpc) is 3.26. The number of carbonyl (C=O) groups excluding carboxylic acids is 1. The van der Waals surface area contributed by atoms with Gasteiger partial charge in [0.05, 0.1) is 23.4 Å². The van der Waals surface area contributed by atoms with Crippen LogP contribution in [0.2, 0.25) is 0 Å². The van der Waals surface area contributed by atoms with E-state index >= 15 is 0 Å². The summed E-state index contributed by atoms with van der Waals surface area (Å²) >= 11 is 2.86. The van der Waals surface area contributed by atoms with Crippen molar-refractivity contribution in [2.75, 3.05) is 12.3 Å². The zero-order valence-corrected chi connectivity index (χ0v) is 17.1. The lowest BCUT2D eigenvalue weighted by atomic mass is 10.2. The molecule has 4 rings (SSSR count). The summed E-state index contributed by atoms with van der Waals surface area (Å²) in [5, 5.41) is 3.90. The molecule has 142 valence electrons. The molecule has 0 unspecified atom stereocenters. The van der Waals surface area contributed by atoms with Crippen molar-refractivity contribution in [3.8, 4) is 18.0 Å². The number of nitrogens with zero attached hydrogens (tertiary/aromatic N) is 2. The van der Waals surface area contributed by atoms with Crippen LogP contribution in [-0.2, 0) is 17.6 Å². The molecular formula is C21H19N3O2S2. The lowest BCUT2D eigenvalue weighted by Crippen LogP contribution is -2.26. The van der Waals surface area contributed by atoms with E-state index in [4.69, 9.17) is 11.4 Å². The fraction of sp³-hybridized carbons (Fsp3) is 0.286. The number of amides is 1. The third-order valence-corrected chi connectivity index (χ3v) is 6.84. The molecule has 1 aromatic carbocycles. The second-order valence-electron chi connectivity index (χ2n) is 6.68. The number of aryl methyl sites for hydroxylation is 3. The fourth-order valence-electron chi connectivity index (χ4n) is 3.37. The van der Waals surface area contributed by atoms with Gasteiger partial charge < -0.3 is 5.32 Å². The molecule has 2 aromatic heterocycles. The lowest BCUT2D eigenvalue weighted by Gasteiger charge is -2.12. The highest BCUT2D eigenvalue weighted by atomic mass is 32.2. The smallest absolute Gasteiger partial charge is 0.267 e. The first-order valence-electron chi connectivity index (χ1n) is 9.06. The van der Waals surface area contributed by atoms with Gasteiger partial charge in [-0.25, -0.2) is 4.98 Å². The summed E-state index contributed by atoms with van der Waals surface area (Å²) in [6.45, 7) is 2.19. The van der Waals surface area contributed by atoms with Crippen molar-refractivity contribution in [3.05, 3.63) is 50.6 Å². The van der Waals surface area contributed by atoms with Crippen LogP contribution < -0.4 is 10.9 Å². The number of hydrogen-bond donors (Lipinski definition) is 1. The molecule has 28 heavy (non-hydrogen) atoms. The maximum Gasteiger partial charge on any atom is 0.267 e. The molecule has 0 saturated carbocycles. The summed E-state index contributed by atoms with van der Waals surface area (Å²) in [7, 11) is 0. The summed E-state index contributed by atoms with van der Waals surface area (Å²) in [5.41, 5.74) is 2.97. The first-order chi connectivity index (χ1) is 13.6. The number of rotatable bonds is 5. The first-order valence-corrected chi connectivity index (χ1v) is 10.9. The van der Waals surface area contributed by atoms with Crippen LogP contribution in [0.4, 0.5) is 0 Å². The van der Waals surface area contributed by atoms with Crippen molar-refractivity contribution in [2.45, 2.75) is 31.3 Å². The van der Waals surface area contributed by atoms with Crippen molar-refractivity contribution in [3.63, 3.8) is 0 Å². The van der Waals surface area contributed by atoms with Crippen LogP contribution in [0, 0.1) is 19.3 Å². The quantitative estimate of drug-likeness (QED) is 0.400. The van der Waals surface area contributed by atoms with Crippen molar-refractivity contribution < 1.29 is 4.79 Å². The van der Waals surface area contributed by atoms with Crippen molar-refractivity contribution in [1.82, 2.24) is 14.9 Å². The summed E-state index contributed by atoms with van der Waals surface area (Å²) in [4.78, 5) is 32.3. The van der Waals surface area contributed by atoms with E-state index in [1.807, 2.05) is 31.2 Å². The minimum Gasteiger partial charge on any atom is -0.344 e. The SMILES string of the molecule is C#CCNC(=O)CSc1nc2sc3c(c2c(=O)n1-c1ccc(C)cc1)CCC3. The molecule has 2 heterocycles. The molecule has 0 saturated heterocycles. The van der Waals surface area contributed by atoms with E-state index in [2.05, 4.69) is 11.2 Å². The van der Waals surface area contributed by atoms with E-state index in [-0.39, 0.29) is 23.8 Å². The van der Waals surface area contributed by atoms with Crippen LogP contribution in [0.3, 0.4) is 0 Å². The highest BCUT2D eigenvalue weighted by Gasteiger charge is 2.24. The highest BCUT2D eigenvalue weighted by molar-refractivity contribution is 7.99. The molecule has 3 aromatic rings. The van der Waals surface area contributed by atoms with Crippen LogP contribution in [0.15, 0.2) is 34.2 Å². The standard InChI is InChI=1S/C21H19N3O2S2/c1-3-11-22-17(25)12-27-21-23-19-18(15-5-4-6-16(15)28-19)20(26)24(21)14-9-7-13(2)8-10-14/h1,7-10H,4-6,11-12H2,2H3,(H,22,25). The summed E-state index contributed by atoms with van der Waals surface area (Å²) < 4.78 is 1.63. The van der Waals surface area contributed by atoms with Gasteiger partial charge in [0.1, 0.15) is 4.83 Å². The summed E-state index contributed by atoms with van der Waals surface area (Å²) in [6.07, 6.45) is 8.22. The highest BCUT2D eigenvalue weighted by Crippen LogP contribution is 2.36. The predicted molar refractivity (Wildman–Crippen MR) is 115 cm³/mol. The molecule has 0 spiro atoms. The van der Waals surface area contributed by atoms with Crippen molar-refractivity contribution in [1.29, 1.82) is 0 Å². The van der Waals surface area contributed by atoms with Gasteiger partial charge in [-0.15, -0.1) is 17.8 Å². The van der Waals surface area contributed by atoms with Gasteiger partial charge in [0.15, 0.2) is 5.16 Å². The van der Waals surface area contributed by atoms with Gasteiger partial charge >= 0.3 is 0 Å². The molecule has 7 heteroatoms. The number of terminal acetylenes is 1. The molecule has 0 bridgehead atoms. The van der Waals surface area contributed by atoms with E-state index in [1.54, 1.807) is 15.9 Å². The van der Waals surface area contributed by atoms with Gasteiger partial charge in [-0.05, 0) is 43.9 Å². The van der Waals surface area contributed by atoms with Gasteiger partial charge in [-0.2, -0.15) is 0 Å². The zero-order valence-electron chi connectivity index (χ0n) is 15.4. The minimum absolute atomic E-state index is 0.0558. The predicted octanol–water partition coefficient (Wildman–Crippen LogP) is 3.09. The Morgan fingerprint density at radius 2 is 2.14 bits per heavy atom. The second kappa shape index (κ2) is 7.82. The topological polar surface area (TPSA) is 64.0 Å². The minimum atomic E-state index is -0.179. The third-order valence-electron chi connectivity index (χ3n) is 4.72. The number of carbonyl (C=O) groups is 1. The molecular weight excluding hydrogens is 390 g/mol. The number of nitrogens with one attached hydrogen (secondary N) is 1. The first kappa shape index (κ1) is 18.8. The number of fused-ring (bicyclic) bond motifs is 3. The molecule has 0 atom stereocenters. The fourth-order valence-corrected chi connectivity index (χ4v) is 5.52. The lowest BCUT2D eigenvalue weighted by molar-refractivity contribution is -0.118. The maximum atomic E-state index is 13.5. The maximum absolute atomic E-state index is 13.5. The van der Waals surface area contributed by atoms with Crippen LogP contribution in [0.1, 0.15) is 22.4 Å². The van der Waals surface area contributed by atoms with E-state index in [9.17, 15) is 9.59 Å². The molecule has 0 aliphatic heterocycles. The summed E-state index contributed by atoms with van der Waals surface area (Å²) in [5.74, 6) is 2.35. The van der Waals surface area contributed by atoms with Crippen molar-refractivity contribution in [2.24, 2.45) is 0 Å². The Labute approximate surface area is 171 Å². The number of thiophene rings is 1. The van der Waals surface area contributed by atoms with Gasteiger partial charge in [0.25, 0.3) is 5.56 Å². The Morgan fingerprint density at radius 1 is 1.36 bits per heavy atom. The molecule has 5 nitrogen and oxygen atoms in total. The number of thioether (sulfide) groups is 1. The Morgan fingerprint density at radius 3 is 2.89 bits per heavy atom. The van der Waals surface area contributed by atoms with Gasteiger partial charge in [-0.1, -0.05) is 35.4 Å². The molecule has 1 amide bonds. The monoisotopic (exact) mass is 409 g/mol.